The van der Waals surface area contributed by atoms with Crippen LogP contribution in [0.25, 0.3) is 0 Å². The molecule has 0 aromatic heterocycles. The average molecular weight is 301 g/mol. The van der Waals surface area contributed by atoms with E-state index in [0.29, 0.717) is 12.5 Å². The Kier molecular flexibility index (Phi) is 5.36. The van der Waals surface area contributed by atoms with E-state index in [4.69, 9.17) is 5.73 Å². The molecular weight excluding hydrogens is 272 g/mol. The van der Waals surface area contributed by atoms with Crippen LogP contribution in [0.3, 0.4) is 0 Å². The lowest BCUT2D eigenvalue weighted by Crippen LogP contribution is -2.51. The summed E-state index contributed by atoms with van der Waals surface area (Å²) in [6.45, 7) is 0.687. The number of halogens is 1. The number of amides is 1. The monoisotopic (exact) mass is 300 g/mol. The molecule has 3 saturated carbocycles. The van der Waals surface area contributed by atoms with E-state index in [-0.39, 0.29) is 23.9 Å². The largest absolute Gasteiger partial charge is 0.354 e. The van der Waals surface area contributed by atoms with Gasteiger partial charge in [-0.2, -0.15) is 0 Å². The van der Waals surface area contributed by atoms with Gasteiger partial charge in [0.2, 0.25) is 5.91 Å². The Morgan fingerprint density at radius 1 is 1.15 bits per heavy atom. The van der Waals surface area contributed by atoms with Gasteiger partial charge in [0, 0.05) is 18.5 Å². The number of rotatable bonds is 4. The molecule has 3 unspecified atom stereocenters. The summed E-state index contributed by atoms with van der Waals surface area (Å²) < 4.78 is 0. The molecule has 3 N–H and O–H groups in total. The van der Waals surface area contributed by atoms with E-state index >= 15 is 0 Å². The van der Waals surface area contributed by atoms with Gasteiger partial charge in [-0.1, -0.05) is 25.7 Å². The zero-order valence-electron chi connectivity index (χ0n) is 12.4. The van der Waals surface area contributed by atoms with E-state index in [2.05, 4.69) is 5.32 Å². The minimum Gasteiger partial charge on any atom is -0.354 e. The van der Waals surface area contributed by atoms with Crippen molar-refractivity contribution in [3.8, 4) is 0 Å². The maximum absolute atomic E-state index is 12.1. The van der Waals surface area contributed by atoms with Crippen molar-refractivity contribution in [3.63, 3.8) is 0 Å². The molecule has 3 rings (SSSR count). The molecular formula is C16H29ClN2O. The highest BCUT2D eigenvalue weighted by atomic mass is 35.5. The standard InChI is InChI=1S/C16H28N2O.ClH/c17-16(6-2-1-3-7-16)11-18-15(19)10-14-9-12-4-5-13(14)8-12;/h12-14H,1-11,17H2,(H,18,19);1H. The summed E-state index contributed by atoms with van der Waals surface area (Å²) in [5.74, 6) is 2.69. The number of carbonyl (C=O) groups excluding carboxylic acids is 1. The Balaban J connectivity index is 0.00000147. The van der Waals surface area contributed by atoms with Gasteiger partial charge in [0.1, 0.15) is 0 Å². The Labute approximate surface area is 128 Å². The van der Waals surface area contributed by atoms with E-state index < -0.39 is 0 Å². The highest BCUT2D eigenvalue weighted by Crippen LogP contribution is 2.49. The number of nitrogens with one attached hydrogen (secondary N) is 1. The van der Waals surface area contributed by atoms with Gasteiger partial charge in [-0.3, -0.25) is 4.79 Å². The summed E-state index contributed by atoms with van der Waals surface area (Å²) in [4.78, 5) is 12.1. The van der Waals surface area contributed by atoms with Gasteiger partial charge in [-0.25, -0.2) is 0 Å². The summed E-state index contributed by atoms with van der Waals surface area (Å²) in [6.07, 6.45) is 12.1. The molecule has 3 aliphatic carbocycles. The lowest BCUT2D eigenvalue weighted by atomic mass is 9.82. The van der Waals surface area contributed by atoms with Gasteiger partial charge in [-0.15, -0.1) is 12.4 Å². The normalized spacial score (nSPS) is 34.5. The molecule has 0 aromatic carbocycles. The number of fused-ring (bicyclic) bond motifs is 2. The number of carbonyl (C=O) groups is 1. The van der Waals surface area contributed by atoms with Crippen LogP contribution in [-0.4, -0.2) is 18.0 Å². The topological polar surface area (TPSA) is 55.1 Å². The quantitative estimate of drug-likeness (QED) is 0.838. The van der Waals surface area contributed by atoms with Crippen LogP contribution in [0.5, 0.6) is 0 Å². The van der Waals surface area contributed by atoms with Crippen molar-refractivity contribution < 1.29 is 4.79 Å². The molecule has 0 radical (unpaired) electrons. The second kappa shape index (κ2) is 6.65. The van der Waals surface area contributed by atoms with Crippen LogP contribution in [0, 0.1) is 17.8 Å². The van der Waals surface area contributed by atoms with Gasteiger partial charge in [-0.05, 0) is 49.9 Å². The van der Waals surface area contributed by atoms with E-state index in [1.807, 2.05) is 0 Å². The molecule has 20 heavy (non-hydrogen) atoms. The van der Waals surface area contributed by atoms with Crippen molar-refractivity contribution in [2.75, 3.05) is 6.54 Å². The maximum Gasteiger partial charge on any atom is 0.220 e. The van der Waals surface area contributed by atoms with Crippen molar-refractivity contribution in [2.24, 2.45) is 23.5 Å². The molecule has 3 atom stereocenters. The molecule has 4 heteroatoms. The molecule has 3 fully saturated rings. The van der Waals surface area contributed by atoms with E-state index in [0.717, 1.165) is 31.1 Å². The highest BCUT2D eigenvalue weighted by Gasteiger charge is 2.40. The van der Waals surface area contributed by atoms with E-state index in [1.165, 1.54) is 44.9 Å². The first-order chi connectivity index (χ1) is 9.15. The minimum atomic E-state index is -0.122. The fourth-order valence-corrected chi connectivity index (χ4v) is 4.64. The molecule has 0 aromatic rings. The summed E-state index contributed by atoms with van der Waals surface area (Å²) in [6, 6.07) is 0. The summed E-state index contributed by atoms with van der Waals surface area (Å²) >= 11 is 0. The van der Waals surface area contributed by atoms with Crippen LogP contribution in [0.1, 0.15) is 64.2 Å². The lowest BCUT2D eigenvalue weighted by Gasteiger charge is -2.33. The van der Waals surface area contributed by atoms with Crippen LogP contribution >= 0.6 is 12.4 Å². The molecule has 0 aliphatic heterocycles. The van der Waals surface area contributed by atoms with Crippen LogP contribution in [0.15, 0.2) is 0 Å². The Hall–Kier alpha value is -0.280. The van der Waals surface area contributed by atoms with Crippen LogP contribution in [0.4, 0.5) is 0 Å². The van der Waals surface area contributed by atoms with Gasteiger partial charge in [0.25, 0.3) is 0 Å². The fourth-order valence-electron chi connectivity index (χ4n) is 4.64. The number of nitrogens with two attached hydrogens (primary N) is 1. The minimum absolute atomic E-state index is 0. The maximum atomic E-state index is 12.1. The van der Waals surface area contributed by atoms with Gasteiger partial charge < -0.3 is 11.1 Å². The number of hydrogen-bond acceptors (Lipinski definition) is 2. The first-order valence-corrected chi connectivity index (χ1v) is 8.20. The zero-order chi connectivity index (χ0) is 13.3. The third kappa shape index (κ3) is 3.67. The van der Waals surface area contributed by atoms with Crippen molar-refractivity contribution in [1.82, 2.24) is 5.32 Å². The molecule has 0 heterocycles. The lowest BCUT2D eigenvalue weighted by molar-refractivity contribution is -0.122. The van der Waals surface area contributed by atoms with Crippen LogP contribution in [-0.2, 0) is 4.79 Å². The molecule has 116 valence electrons. The molecule has 2 bridgehead atoms. The fraction of sp³-hybridized carbons (Fsp3) is 0.938. The van der Waals surface area contributed by atoms with E-state index in [9.17, 15) is 4.79 Å². The van der Waals surface area contributed by atoms with Crippen molar-refractivity contribution in [1.29, 1.82) is 0 Å². The van der Waals surface area contributed by atoms with Gasteiger partial charge in [0.05, 0.1) is 0 Å². The first kappa shape index (κ1) is 16.1. The van der Waals surface area contributed by atoms with Crippen LogP contribution in [0.2, 0.25) is 0 Å². The summed E-state index contributed by atoms with van der Waals surface area (Å²) in [7, 11) is 0. The molecule has 0 saturated heterocycles. The smallest absolute Gasteiger partial charge is 0.220 e. The predicted octanol–water partition coefficient (Wildman–Crippen LogP) is 3.01. The molecule has 3 aliphatic rings. The summed E-state index contributed by atoms with van der Waals surface area (Å²) in [5.41, 5.74) is 6.24. The second-order valence-corrected chi connectivity index (χ2v) is 7.34. The molecule has 3 nitrogen and oxygen atoms in total. The predicted molar refractivity (Wildman–Crippen MR) is 83.8 cm³/mol. The SMILES string of the molecule is Cl.NC1(CNC(=O)CC2CC3CCC2C3)CCCCC1. The third-order valence-electron chi connectivity index (χ3n) is 5.82. The Morgan fingerprint density at radius 3 is 2.50 bits per heavy atom. The molecule has 0 spiro atoms. The second-order valence-electron chi connectivity index (χ2n) is 7.34. The number of hydrogen-bond donors (Lipinski definition) is 2. The molecule has 1 amide bonds. The summed E-state index contributed by atoms with van der Waals surface area (Å²) in [5, 5.41) is 3.12. The van der Waals surface area contributed by atoms with E-state index in [1.54, 1.807) is 0 Å². The van der Waals surface area contributed by atoms with Crippen molar-refractivity contribution in [3.05, 3.63) is 0 Å². The average Bonchev–Trinajstić information content (AvgIpc) is 3.00. The third-order valence-corrected chi connectivity index (χ3v) is 5.82. The van der Waals surface area contributed by atoms with Gasteiger partial charge >= 0.3 is 0 Å². The van der Waals surface area contributed by atoms with Crippen molar-refractivity contribution >= 4 is 18.3 Å². The Bertz CT molecular complexity index is 341. The highest BCUT2D eigenvalue weighted by molar-refractivity contribution is 5.85. The zero-order valence-corrected chi connectivity index (χ0v) is 13.2. The van der Waals surface area contributed by atoms with Crippen LogP contribution < -0.4 is 11.1 Å². The van der Waals surface area contributed by atoms with Gasteiger partial charge in [0.15, 0.2) is 0 Å². The first-order valence-electron chi connectivity index (χ1n) is 8.20. The Morgan fingerprint density at radius 2 is 1.90 bits per heavy atom. The van der Waals surface area contributed by atoms with Crippen molar-refractivity contribution in [2.45, 2.75) is 69.7 Å².